The summed E-state index contributed by atoms with van der Waals surface area (Å²) >= 11 is 0. The maximum Gasteiger partial charge on any atom is 0.416 e. The number of aryl methyl sites for hydroxylation is 2. The Bertz CT molecular complexity index is 1300. The molecule has 9 nitrogen and oxygen atoms in total. The van der Waals surface area contributed by atoms with Crippen LogP contribution in [0, 0.1) is 6.92 Å². The van der Waals surface area contributed by atoms with Crippen LogP contribution in [0.15, 0.2) is 18.3 Å². The number of carbonyl (C=O) groups excluding carboxylic acids is 1. The maximum atomic E-state index is 13.3. The quantitative estimate of drug-likeness (QED) is 0.544. The first-order valence-electron chi connectivity index (χ1n) is 11.5. The van der Waals surface area contributed by atoms with Gasteiger partial charge in [-0.15, -0.1) is 0 Å². The van der Waals surface area contributed by atoms with Crippen LogP contribution in [0.2, 0.25) is 0 Å². The average molecular weight is 507 g/mol. The van der Waals surface area contributed by atoms with Gasteiger partial charge in [-0.2, -0.15) is 13.2 Å². The van der Waals surface area contributed by atoms with Gasteiger partial charge in [0.25, 0.3) is 0 Å². The van der Waals surface area contributed by atoms with Crippen molar-refractivity contribution < 1.29 is 27.4 Å². The van der Waals surface area contributed by atoms with Crippen LogP contribution in [-0.4, -0.2) is 62.4 Å². The van der Waals surface area contributed by atoms with Crippen LogP contribution in [0.5, 0.6) is 5.75 Å². The Morgan fingerprint density at radius 1 is 1.19 bits per heavy atom. The third-order valence-electron chi connectivity index (χ3n) is 5.84. The summed E-state index contributed by atoms with van der Waals surface area (Å²) in [5.41, 5.74) is 0.251. The van der Waals surface area contributed by atoms with Gasteiger partial charge in [0, 0.05) is 26.2 Å². The highest BCUT2D eigenvalue weighted by atomic mass is 19.4. The number of nitrogens with zero attached hydrogens (tertiary/aromatic N) is 5. The van der Waals surface area contributed by atoms with Gasteiger partial charge < -0.3 is 24.3 Å². The lowest BCUT2D eigenvalue weighted by Gasteiger charge is -2.24. The summed E-state index contributed by atoms with van der Waals surface area (Å²) in [6, 6.07) is 2.00. The van der Waals surface area contributed by atoms with E-state index < -0.39 is 17.3 Å². The minimum atomic E-state index is -4.49. The number of carbonyl (C=O) groups is 1. The third kappa shape index (κ3) is 5.17. The maximum absolute atomic E-state index is 13.3. The first-order chi connectivity index (χ1) is 16.8. The zero-order chi connectivity index (χ0) is 26.4. The van der Waals surface area contributed by atoms with Gasteiger partial charge in [-0.25, -0.2) is 19.7 Å². The number of rotatable bonds is 4. The molecule has 0 bridgehead atoms. The summed E-state index contributed by atoms with van der Waals surface area (Å²) in [6.07, 6.45) is -2.57. The number of alkyl halides is 3. The molecule has 1 aliphatic rings. The van der Waals surface area contributed by atoms with Gasteiger partial charge in [0.1, 0.15) is 23.0 Å². The number of anilines is 1. The number of fused-ring (bicyclic) bond motifs is 1. The summed E-state index contributed by atoms with van der Waals surface area (Å²) < 4.78 is 52.3. The molecule has 4 rings (SSSR count). The topological polar surface area (TPSA) is 94.4 Å². The molecule has 1 fully saturated rings. The molecule has 194 valence electrons. The van der Waals surface area contributed by atoms with Gasteiger partial charge in [0.05, 0.1) is 24.4 Å². The molecule has 0 saturated carbocycles. The zero-order valence-electron chi connectivity index (χ0n) is 21.0. The molecule has 1 saturated heterocycles. The van der Waals surface area contributed by atoms with Crippen molar-refractivity contribution in [1.82, 2.24) is 24.4 Å². The van der Waals surface area contributed by atoms with Crippen molar-refractivity contribution in [2.45, 2.75) is 51.9 Å². The van der Waals surface area contributed by atoms with Crippen LogP contribution in [0.1, 0.15) is 38.3 Å². The lowest BCUT2D eigenvalue weighted by atomic mass is 10.0. The van der Waals surface area contributed by atoms with Gasteiger partial charge in [-0.3, -0.25) is 0 Å². The van der Waals surface area contributed by atoms with E-state index in [0.29, 0.717) is 53.6 Å². The standard InChI is InChI=1S/C24H29F3N6O3/c1-13-9-14(24(25,26)27)10-16(35-6)18(13)20-31-19-21(32(20)5)28-11-17(30-19)29-15-7-8-33(12-15)22(34)36-23(2,3)4/h9-11,15H,7-8,12H2,1-6H3,(H,29,30)/t15-/m1/s1. The highest BCUT2D eigenvalue weighted by molar-refractivity contribution is 5.79. The molecule has 1 aromatic carbocycles. The smallest absolute Gasteiger partial charge is 0.416 e. The van der Waals surface area contributed by atoms with Crippen molar-refractivity contribution in [2.75, 3.05) is 25.5 Å². The van der Waals surface area contributed by atoms with E-state index >= 15 is 0 Å². The van der Waals surface area contributed by atoms with Crippen molar-refractivity contribution in [1.29, 1.82) is 0 Å². The number of nitrogens with one attached hydrogen (secondary N) is 1. The molecule has 0 radical (unpaired) electrons. The number of hydrogen-bond donors (Lipinski definition) is 1. The van der Waals surface area contributed by atoms with E-state index in [1.165, 1.54) is 7.11 Å². The molecule has 3 heterocycles. The van der Waals surface area contributed by atoms with Crippen molar-refractivity contribution in [3.8, 4) is 17.1 Å². The lowest BCUT2D eigenvalue weighted by molar-refractivity contribution is -0.137. The Balaban J connectivity index is 1.58. The van der Waals surface area contributed by atoms with Gasteiger partial charge in [-0.05, 0) is 51.8 Å². The summed E-state index contributed by atoms with van der Waals surface area (Å²) in [7, 11) is 3.04. The Morgan fingerprint density at radius 2 is 1.92 bits per heavy atom. The fraction of sp³-hybridized carbons (Fsp3) is 0.500. The minimum absolute atomic E-state index is 0.0373. The highest BCUT2D eigenvalue weighted by Gasteiger charge is 2.33. The average Bonchev–Trinajstić information content (AvgIpc) is 3.36. The summed E-state index contributed by atoms with van der Waals surface area (Å²) in [4.78, 5) is 27.6. The Kier molecular flexibility index (Phi) is 6.48. The molecule has 0 aliphatic carbocycles. The number of likely N-dealkylation sites (tertiary alicyclic amines) is 1. The van der Waals surface area contributed by atoms with Crippen molar-refractivity contribution in [2.24, 2.45) is 7.05 Å². The number of halogens is 3. The van der Waals surface area contributed by atoms with Crippen molar-refractivity contribution in [3.05, 3.63) is 29.5 Å². The van der Waals surface area contributed by atoms with E-state index in [0.717, 1.165) is 12.1 Å². The molecule has 0 unspecified atom stereocenters. The van der Waals surface area contributed by atoms with E-state index in [2.05, 4.69) is 20.3 Å². The fourth-order valence-corrected chi connectivity index (χ4v) is 4.20. The largest absolute Gasteiger partial charge is 0.496 e. The lowest BCUT2D eigenvalue weighted by Crippen LogP contribution is -2.36. The number of imidazole rings is 1. The fourth-order valence-electron chi connectivity index (χ4n) is 4.20. The Morgan fingerprint density at radius 3 is 2.56 bits per heavy atom. The molecule has 0 spiro atoms. The second-order valence-corrected chi connectivity index (χ2v) is 9.82. The summed E-state index contributed by atoms with van der Waals surface area (Å²) in [5, 5.41) is 3.29. The van der Waals surface area contributed by atoms with Gasteiger partial charge in [0.15, 0.2) is 11.3 Å². The highest BCUT2D eigenvalue weighted by Crippen LogP contribution is 2.39. The molecule has 1 N–H and O–H groups in total. The van der Waals surface area contributed by atoms with Crippen LogP contribution in [0.4, 0.5) is 23.8 Å². The number of ether oxygens (including phenoxy) is 2. The SMILES string of the molecule is COc1cc(C(F)(F)F)cc(C)c1-c1nc2nc(N[C@@H]3CCN(C(=O)OC(C)(C)C)C3)cnc2n1C. The van der Waals surface area contributed by atoms with Crippen LogP contribution in [0.25, 0.3) is 22.7 Å². The van der Waals surface area contributed by atoms with E-state index in [1.807, 2.05) is 20.8 Å². The normalized spacial score (nSPS) is 16.5. The van der Waals surface area contributed by atoms with E-state index in [4.69, 9.17) is 9.47 Å². The van der Waals surface area contributed by atoms with Gasteiger partial charge >= 0.3 is 12.3 Å². The molecular weight excluding hydrogens is 477 g/mol. The molecule has 12 heteroatoms. The molecular formula is C24H29F3N6O3. The number of hydrogen-bond acceptors (Lipinski definition) is 7. The van der Waals surface area contributed by atoms with Crippen LogP contribution in [0.3, 0.4) is 0 Å². The number of methoxy groups -OCH3 is 1. The van der Waals surface area contributed by atoms with Crippen LogP contribution in [-0.2, 0) is 18.0 Å². The van der Waals surface area contributed by atoms with E-state index in [-0.39, 0.29) is 17.9 Å². The van der Waals surface area contributed by atoms with Gasteiger partial charge in [-0.1, -0.05) is 0 Å². The molecule has 2 aromatic heterocycles. The van der Waals surface area contributed by atoms with Gasteiger partial charge in [0.2, 0.25) is 0 Å². The van der Waals surface area contributed by atoms with Crippen LogP contribution >= 0.6 is 0 Å². The number of benzene rings is 1. The predicted octanol–water partition coefficient (Wildman–Crippen LogP) is 4.79. The first kappa shape index (κ1) is 25.5. The van der Waals surface area contributed by atoms with E-state index in [9.17, 15) is 18.0 Å². The van der Waals surface area contributed by atoms with E-state index in [1.54, 1.807) is 29.6 Å². The third-order valence-corrected chi connectivity index (χ3v) is 5.84. The summed E-state index contributed by atoms with van der Waals surface area (Å²) in [6.45, 7) is 8.07. The first-order valence-corrected chi connectivity index (χ1v) is 11.5. The van der Waals surface area contributed by atoms with Crippen molar-refractivity contribution >= 4 is 23.2 Å². The Labute approximate surface area is 206 Å². The second kappa shape index (κ2) is 9.14. The Hall–Kier alpha value is -3.57. The second-order valence-electron chi connectivity index (χ2n) is 9.82. The molecule has 36 heavy (non-hydrogen) atoms. The zero-order valence-corrected chi connectivity index (χ0v) is 21.0. The monoisotopic (exact) mass is 506 g/mol. The molecule has 1 aliphatic heterocycles. The molecule has 1 amide bonds. The molecule has 1 atom stereocenters. The minimum Gasteiger partial charge on any atom is -0.496 e. The number of amides is 1. The van der Waals surface area contributed by atoms with Crippen molar-refractivity contribution in [3.63, 3.8) is 0 Å². The molecule has 3 aromatic rings. The van der Waals surface area contributed by atoms with Crippen LogP contribution < -0.4 is 10.1 Å². The summed E-state index contributed by atoms with van der Waals surface area (Å²) in [5.74, 6) is 0.939. The number of aromatic nitrogens is 4. The predicted molar refractivity (Wildman–Crippen MR) is 128 cm³/mol.